The van der Waals surface area contributed by atoms with E-state index in [1.807, 2.05) is 0 Å². The van der Waals surface area contributed by atoms with Crippen LogP contribution in [0.4, 0.5) is 11.4 Å². The Bertz CT molecular complexity index is 1280. The SMILES string of the molecule is Cc1cc(C2NC(CC(=O)O)(C(=O)O)C3C(=O)N(c4cccc([N+](=O)[O-])c4)C(=O)C23)cc(C)c1O. The summed E-state index contributed by atoms with van der Waals surface area (Å²) in [5, 5.41) is 43.7. The molecule has 2 amide bonds. The lowest BCUT2D eigenvalue weighted by atomic mass is 9.77. The fraction of sp³-hybridized carbons (Fsp3) is 0.304. The number of nitrogens with zero attached hydrogens (tertiary/aromatic N) is 2. The maximum atomic E-state index is 13.6. The van der Waals surface area contributed by atoms with Crippen LogP contribution >= 0.6 is 0 Å². The summed E-state index contributed by atoms with van der Waals surface area (Å²) in [6, 6.07) is 6.77. The Morgan fingerprint density at radius 2 is 1.74 bits per heavy atom. The van der Waals surface area contributed by atoms with Gasteiger partial charge in [0.05, 0.1) is 28.9 Å². The van der Waals surface area contributed by atoms with Crippen LogP contribution in [0.15, 0.2) is 36.4 Å². The molecule has 0 radical (unpaired) electrons. The van der Waals surface area contributed by atoms with E-state index in [-0.39, 0.29) is 17.1 Å². The van der Waals surface area contributed by atoms with E-state index in [0.717, 1.165) is 6.07 Å². The van der Waals surface area contributed by atoms with Crippen molar-refractivity contribution in [1.82, 2.24) is 5.32 Å². The van der Waals surface area contributed by atoms with Gasteiger partial charge in [-0.1, -0.05) is 18.2 Å². The number of carboxylic acids is 2. The maximum Gasteiger partial charge on any atom is 0.325 e. The number of carboxylic acid groups (broad SMARTS) is 2. The first-order chi connectivity index (χ1) is 16.4. The number of hydrogen-bond acceptors (Lipinski definition) is 8. The van der Waals surface area contributed by atoms with Gasteiger partial charge in [0.25, 0.3) is 5.69 Å². The Hall–Kier alpha value is -4.32. The molecule has 0 spiro atoms. The highest BCUT2D eigenvalue weighted by atomic mass is 16.6. The lowest BCUT2D eigenvalue weighted by Crippen LogP contribution is -2.57. The Morgan fingerprint density at radius 3 is 2.29 bits per heavy atom. The number of nitro benzene ring substituents is 1. The number of fused-ring (bicyclic) bond motifs is 1. The first-order valence-corrected chi connectivity index (χ1v) is 10.5. The van der Waals surface area contributed by atoms with Crippen LogP contribution in [0.1, 0.15) is 29.2 Å². The van der Waals surface area contributed by atoms with E-state index in [1.165, 1.54) is 30.3 Å². The van der Waals surface area contributed by atoms with E-state index >= 15 is 0 Å². The molecule has 4 atom stereocenters. The van der Waals surface area contributed by atoms with Crippen molar-refractivity contribution in [2.45, 2.75) is 31.8 Å². The van der Waals surface area contributed by atoms with Crippen molar-refractivity contribution in [2.24, 2.45) is 11.8 Å². The van der Waals surface area contributed by atoms with Crippen molar-refractivity contribution in [3.63, 3.8) is 0 Å². The smallest absolute Gasteiger partial charge is 0.325 e. The van der Waals surface area contributed by atoms with Crippen LogP contribution in [0.2, 0.25) is 0 Å². The van der Waals surface area contributed by atoms with Crippen molar-refractivity contribution in [3.8, 4) is 5.75 Å². The number of nitro groups is 1. The molecule has 4 unspecified atom stereocenters. The number of hydrogen-bond donors (Lipinski definition) is 4. The van der Waals surface area contributed by atoms with Crippen LogP contribution in [-0.2, 0) is 19.2 Å². The fourth-order valence-electron chi connectivity index (χ4n) is 5.13. The van der Waals surface area contributed by atoms with Gasteiger partial charge >= 0.3 is 11.9 Å². The number of carbonyl (C=O) groups excluding carboxylic acids is 2. The molecule has 12 nitrogen and oxygen atoms in total. The van der Waals surface area contributed by atoms with Gasteiger partial charge in [-0.05, 0) is 36.6 Å². The minimum absolute atomic E-state index is 0.00498. The zero-order valence-corrected chi connectivity index (χ0v) is 18.6. The largest absolute Gasteiger partial charge is 0.507 e. The second kappa shape index (κ2) is 8.17. The molecule has 4 rings (SSSR count). The summed E-state index contributed by atoms with van der Waals surface area (Å²) in [5.74, 6) is -7.78. The third-order valence-electron chi connectivity index (χ3n) is 6.64. The summed E-state index contributed by atoms with van der Waals surface area (Å²) in [5.41, 5.74) is -1.54. The molecule has 2 aliphatic heterocycles. The summed E-state index contributed by atoms with van der Waals surface area (Å²) in [6.07, 6.45) is -0.988. The summed E-state index contributed by atoms with van der Waals surface area (Å²) in [6.45, 7) is 3.22. The minimum atomic E-state index is -2.32. The van der Waals surface area contributed by atoms with Gasteiger partial charge in [-0.25, -0.2) is 4.90 Å². The van der Waals surface area contributed by atoms with E-state index in [4.69, 9.17) is 0 Å². The van der Waals surface area contributed by atoms with Crippen molar-refractivity contribution in [3.05, 3.63) is 63.2 Å². The van der Waals surface area contributed by atoms with Crippen LogP contribution in [0.25, 0.3) is 0 Å². The Labute approximate surface area is 197 Å². The standard InChI is InChI=1S/C23H21N3O9/c1-10-6-12(7-11(2)19(10)29)18-16-17(23(24-18,22(32)33)9-15(27)28)21(31)25(20(16)30)13-4-3-5-14(8-13)26(34)35/h3-8,16-18,24,29H,9H2,1-2H3,(H,27,28)(H,32,33). The number of non-ortho nitro benzene ring substituents is 1. The van der Waals surface area contributed by atoms with E-state index < -0.39 is 58.5 Å². The van der Waals surface area contributed by atoms with Gasteiger partial charge in [-0.15, -0.1) is 0 Å². The van der Waals surface area contributed by atoms with Gasteiger partial charge in [0, 0.05) is 18.2 Å². The molecule has 35 heavy (non-hydrogen) atoms. The van der Waals surface area contributed by atoms with Crippen LogP contribution < -0.4 is 10.2 Å². The molecule has 2 saturated heterocycles. The lowest BCUT2D eigenvalue weighted by Gasteiger charge is -2.29. The van der Waals surface area contributed by atoms with Crippen molar-refractivity contribution < 1.29 is 39.4 Å². The van der Waals surface area contributed by atoms with Gasteiger partial charge in [0.15, 0.2) is 0 Å². The number of anilines is 1. The zero-order chi connectivity index (χ0) is 25.8. The highest BCUT2D eigenvalue weighted by Gasteiger charge is 2.69. The molecule has 2 aromatic rings. The van der Waals surface area contributed by atoms with Crippen molar-refractivity contribution in [1.29, 1.82) is 0 Å². The predicted octanol–water partition coefficient (Wildman–Crippen LogP) is 1.67. The van der Waals surface area contributed by atoms with Gasteiger partial charge in [0.2, 0.25) is 11.8 Å². The van der Waals surface area contributed by atoms with Gasteiger partial charge < -0.3 is 15.3 Å². The first-order valence-electron chi connectivity index (χ1n) is 10.5. The molecule has 4 N–H and O–H groups in total. The van der Waals surface area contributed by atoms with Crippen molar-refractivity contribution >= 4 is 35.1 Å². The summed E-state index contributed by atoms with van der Waals surface area (Å²) in [7, 11) is 0. The average Bonchev–Trinajstić information content (AvgIpc) is 3.25. The third-order valence-corrected chi connectivity index (χ3v) is 6.64. The normalized spacial score (nSPS) is 25.5. The lowest BCUT2D eigenvalue weighted by molar-refractivity contribution is -0.384. The third kappa shape index (κ3) is 3.58. The molecule has 0 aromatic heterocycles. The van der Waals surface area contributed by atoms with Gasteiger partial charge in [-0.2, -0.15) is 0 Å². The molecule has 2 aromatic carbocycles. The number of phenols is 1. The van der Waals surface area contributed by atoms with Crippen LogP contribution in [0.3, 0.4) is 0 Å². The maximum absolute atomic E-state index is 13.6. The Kier molecular flexibility index (Phi) is 5.56. The van der Waals surface area contributed by atoms with Gasteiger partial charge in [0.1, 0.15) is 11.3 Å². The first kappa shape index (κ1) is 23.8. The number of imide groups is 1. The number of carbonyl (C=O) groups is 4. The number of aromatic hydroxyl groups is 1. The quantitative estimate of drug-likeness (QED) is 0.267. The average molecular weight is 483 g/mol. The summed E-state index contributed by atoms with van der Waals surface area (Å²) in [4.78, 5) is 62.5. The predicted molar refractivity (Wildman–Crippen MR) is 119 cm³/mol. The highest BCUT2D eigenvalue weighted by Crippen LogP contribution is 2.51. The molecule has 12 heteroatoms. The molecular formula is C23H21N3O9. The van der Waals surface area contributed by atoms with Crippen LogP contribution in [0, 0.1) is 35.8 Å². The zero-order valence-electron chi connectivity index (χ0n) is 18.6. The molecule has 0 saturated carbocycles. The monoisotopic (exact) mass is 483 g/mol. The molecule has 0 bridgehead atoms. The Balaban J connectivity index is 1.91. The Morgan fingerprint density at radius 1 is 1.11 bits per heavy atom. The molecule has 182 valence electrons. The summed E-state index contributed by atoms with van der Waals surface area (Å²) >= 11 is 0. The number of nitrogens with one attached hydrogen (secondary N) is 1. The number of aliphatic carboxylic acids is 2. The molecule has 2 aliphatic rings. The molecule has 2 heterocycles. The summed E-state index contributed by atoms with van der Waals surface area (Å²) < 4.78 is 0. The number of phenolic OH excluding ortho intramolecular Hbond substituents is 1. The van der Waals surface area contributed by atoms with E-state index in [9.17, 15) is 44.6 Å². The number of benzene rings is 2. The van der Waals surface area contributed by atoms with Crippen LogP contribution in [-0.4, -0.2) is 49.5 Å². The number of amides is 2. The second-order valence-electron chi connectivity index (χ2n) is 8.76. The van der Waals surface area contributed by atoms with E-state index in [0.29, 0.717) is 21.6 Å². The van der Waals surface area contributed by atoms with E-state index in [1.54, 1.807) is 13.8 Å². The molecule has 0 aliphatic carbocycles. The fourth-order valence-corrected chi connectivity index (χ4v) is 5.13. The molecule has 2 fully saturated rings. The topological polar surface area (TPSA) is 187 Å². The highest BCUT2D eigenvalue weighted by molar-refractivity contribution is 6.24. The minimum Gasteiger partial charge on any atom is -0.507 e. The number of rotatable bonds is 6. The van der Waals surface area contributed by atoms with Crippen molar-refractivity contribution in [2.75, 3.05) is 4.90 Å². The number of aryl methyl sites for hydroxylation is 2. The van der Waals surface area contributed by atoms with Gasteiger partial charge in [-0.3, -0.25) is 34.6 Å². The van der Waals surface area contributed by atoms with E-state index in [2.05, 4.69) is 5.32 Å². The molecular weight excluding hydrogens is 462 g/mol. The second-order valence-corrected chi connectivity index (χ2v) is 8.76. The van der Waals surface area contributed by atoms with Crippen LogP contribution in [0.5, 0.6) is 5.75 Å².